The highest BCUT2D eigenvalue weighted by Gasteiger charge is 2.28. The molecule has 7 aromatic carbocycles. The summed E-state index contributed by atoms with van der Waals surface area (Å²) in [6.07, 6.45) is 0.850. The Balaban J connectivity index is 0.000000545. The van der Waals surface area contributed by atoms with Crippen molar-refractivity contribution in [1.82, 2.24) is 0 Å². The molecule has 0 aliphatic rings. The molecule has 7 aromatic rings. The molecule has 7 rings (SSSR count). The maximum atomic E-state index is 9.49. The normalized spacial score (nSPS) is 10.9. The number of benzene rings is 7. The van der Waals surface area contributed by atoms with E-state index in [0.29, 0.717) is 6.42 Å². The number of carboxylic acids is 1. The average Bonchev–Trinajstić information content (AvgIpc) is 3.09. The molecule has 0 atom stereocenters. The number of carbonyl (C=O) groups excluding carboxylic acids is 1. The van der Waals surface area contributed by atoms with E-state index in [0.717, 1.165) is 0 Å². The van der Waals surface area contributed by atoms with Gasteiger partial charge in [-0.05, 0) is 111 Å². The van der Waals surface area contributed by atoms with Crippen molar-refractivity contribution in [2.45, 2.75) is 34.5 Å². The van der Waals surface area contributed by atoms with Crippen LogP contribution in [0.5, 0.6) is 0 Å². The van der Waals surface area contributed by atoms with E-state index in [1.807, 2.05) is 0 Å². The summed E-state index contributed by atoms with van der Waals surface area (Å²) >= 11 is 0. The van der Waals surface area contributed by atoms with Crippen LogP contribution in [0.3, 0.4) is 0 Å². The molecular weight excluding hydrogens is 569 g/mol. The summed E-state index contributed by atoms with van der Waals surface area (Å²) in [5.41, 5.74) is 5.05. The summed E-state index contributed by atoms with van der Waals surface area (Å²) in [5, 5.41) is 14.6. The van der Waals surface area contributed by atoms with Gasteiger partial charge in [0.05, 0.1) is 10.9 Å². The van der Waals surface area contributed by atoms with E-state index in [4.69, 9.17) is 0 Å². The van der Waals surface area contributed by atoms with Crippen LogP contribution >= 0.6 is 0 Å². The average molecular weight is 603 g/mol. The lowest BCUT2D eigenvalue weighted by molar-refractivity contribution is -0.305. The maximum absolute atomic E-state index is 9.49. The zero-order chi connectivity index (χ0) is 31.0. The molecule has 0 aliphatic heterocycles. The van der Waals surface area contributed by atoms with E-state index in [9.17, 15) is 9.90 Å². The zero-order valence-electron chi connectivity index (χ0n) is 25.2. The molecule has 220 valence electrons. The van der Waals surface area contributed by atoms with Crippen LogP contribution in [-0.2, 0) is 15.7 Å². The summed E-state index contributed by atoms with van der Waals surface area (Å²) in [5.74, 6) is -0.961. The quantitative estimate of drug-likeness (QED) is 0.170. The second-order valence-corrected chi connectivity index (χ2v) is 12.9. The standard InChI is InChI=1S/C38H27S.C4H8O2/c1-2-14-32(15-3-1)39(33-24-20-30(21-25-33)37-18-8-12-28-10-4-6-16-35(28)37)34-26-22-31(23-27-34)38-19-9-13-29-11-5-7-17-36(29)38;1-2-3-4(5)6/h1-27H;2-3H2,1H3,(H,5,6)/q+1;/p-1. The minimum absolute atomic E-state index is 0.181. The fourth-order valence-electron chi connectivity index (χ4n) is 5.66. The van der Waals surface area contributed by atoms with Crippen molar-refractivity contribution in [3.05, 3.63) is 164 Å². The summed E-state index contributed by atoms with van der Waals surface area (Å²) in [6, 6.07) is 59.6. The largest absolute Gasteiger partial charge is 0.550 e. The van der Waals surface area contributed by atoms with Crippen molar-refractivity contribution in [3.8, 4) is 22.3 Å². The lowest BCUT2D eigenvalue weighted by Crippen LogP contribution is -2.20. The number of fused-ring (bicyclic) bond motifs is 2. The molecule has 0 unspecified atom stereocenters. The van der Waals surface area contributed by atoms with Crippen molar-refractivity contribution in [3.63, 3.8) is 0 Å². The zero-order valence-corrected chi connectivity index (χ0v) is 26.0. The Kier molecular flexibility index (Phi) is 9.38. The Morgan fingerprint density at radius 2 is 0.889 bits per heavy atom. The van der Waals surface area contributed by atoms with E-state index >= 15 is 0 Å². The van der Waals surface area contributed by atoms with Crippen LogP contribution in [0, 0.1) is 0 Å². The van der Waals surface area contributed by atoms with E-state index < -0.39 is 5.97 Å². The summed E-state index contributed by atoms with van der Waals surface area (Å²) in [6.45, 7) is 1.80. The predicted octanol–water partition coefficient (Wildman–Crippen LogP) is 9.96. The Bertz CT molecular complexity index is 1900. The third kappa shape index (κ3) is 6.85. The molecule has 0 fully saturated rings. The van der Waals surface area contributed by atoms with E-state index in [-0.39, 0.29) is 17.3 Å². The molecule has 2 nitrogen and oxygen atoms in total. The van der Waals surface area contributed by atoms with Gasteiger partial charge in [-0.1, -0.05) is 116 Å². The Labute approximate surface area is 268 Å². The van der Waals surface area contributed by atoms with Crippen LogP contribution in [0.2, 0.25) is 0 Å². The van der Waals surface area contributed by atoms with E-state index in [1.165, 1.54) is 58.5 Å². The Morgan fingerprint density at radius 1 is 0.489 bits per heavy atom. The van der Waals surface area contributed by atoms with Crippen molar-refractivity contribution in [2.24, 2.45) is 0 Å². The van der Waals surface area contributed by atoms with E-state index in [1.54, 1.807) is 6.92 Å². The predicted molar refractivity (Wildman–Crippen MR) is 187 cm³/mol. The molecule has 0 saturated heterocycles. The number of aliphatic carboxylic acids is 1. The molecule has 0 amide bonds. The van der Waals surface area contributed by atoms with Crippen LogP contribution < -0.4 is 5.11 Å². The van der Waals surface area contributed by atoms with Gasteiger partial charge in [-0.15, -0.1) is 0 Å². The molecule has 0 aromatic heterocycles. The Hall–Kier alpha value is -5.12. The first kappa shape index (κ1) is 29.9. The lowest BCUT2D eigenvalue weighted by Gasteiger charge is -2.11. The van der Waals surface area contributed by atoms with Gasteiger partial charge in [0.25, 0.3) is 0 Å². The van der Waals surface area contributed by atoms with Gasteiger partial charge in [0.2, 0.25) is 0 Å². The van der Waals surface area contributed by atoms with Crippen molar-refractivity contribution in [1.29, 1.82) is 0 Å². The van der Waals surface area contributed by atoms with Crippen LogP contribution in [-0.4, -0.2) is 5.97 Å². The molecular formula is C42H34O2S. The first-order valence-corrected chi connectivity index (χ1v) is 16.5. The van der Waals surface area contributed by atoms with Crippen molar-refractivity contribution < 1.29 is 9.90 Å². The molecule has 3 heteroatoms. The minimum Gasteiger partial charge on any atom is -0.550 e. The monoisotopic (exact) mass is 602 g/mol. The molecule has 0 bridgehead atoms. The molecule has 0 N–H and O–H groups in total. The second kappa shape index (κ2) is 14.1. The number of hydrogen-bond acceptors (Lipinski definition) is 2. The van der Waals surface area contributed by atoms with Gasteiger partial charge in [-0.3, -0.25) is 0 Å². The van der Waals surface area contributed by atoms with Crippen LogP contribution in [0.15, 0.2) is 178 Å². The van der Waals surface area contributed by atoms with Crippen molar-refractivity contribution >= 4 is 38.4 Å². The highest BCUT2D eigenvalue weighted by atomic mass is 32.2. The highest BCUT2D eigenvalue weighted by molar-refractivity contribution is 7.97. The van der Waals surface area contributed by atoms with Gasteiger partial charge in [0, 0.05) is 5.97 Å². The molecule has 0 aliphatic carbocycles. The summed E-state index contributed by atoms with van der Waals surface area (Å²) in [7, 11) is -0.198. The fraction of sp³-hybridized carbons (Fsp3) is 0.0714. The number of hydrogen-bond donors (Lipinski definition) is 0. The highest BCUT2D eigenvalue weighted by Crippen LogP contribution is 2.36. The molecule has 0 saturated carbocycles. The molecule has 0 heterocycles. The number of carboxylic acid groups (broad SMARTS) is 1. The number of rotatable bonds is 7. The first-order chi connectivity index (χ1) is 22.1. The first-order valence-electron chi connectivity index (χ1n) is 15.3. The molecule has 45 heavy (non-hydrogen) atoms. The van der Waals surface area contributed by atoms with Gasteiger partial charge in [-0.25, -0.2) is 0 Å². The SMILES string of the molecule is CCCC(=O)[O-].c1ccc([S+](c2ccc(-c3cccc4ccccc34)cc2)c2ccc(-c3cccc4ccccc34)cc2)cc1. The fourth-order valence-corrected chi connectivity index (χ4v) is 7.73. The maximum Gasteiger partial charge on any atom is 0.166 e. The third-order valence-corrected chi connectivity index (χ3v) is 10.0. The van der Waals surface area contributed by atoms with Crippen LogP contribution in [0.1, 0.15) is 19.8 Å². The summed E-state index contributed by atoms with van der Waals surface area (Å²) in [4.78, 5) is 13.5. The lowest BCUT2D eigenvalue weighted by atomic mass is 9.98. The molecule has 0 spiro atoms. The van der Waals surface area contributed by atoms with Gasteiger partial charge in [0.1, 0.15) is 0 Å². The van der Waals surface area contributed by atoms with E-state index in [2.05, 4.69) is 164 Å². The smallest absolute Gasteiger partial charge is 0.166 e. The van der Waals surface area contributed by atoms with Gasteiger partial charge >= 0.3 is 0 Å². The van der Waals surface area contributed by atoms with Crippen molar-refractivity contribution in [2.75, 3.05) is 0 Å². The third-order valence-electron chi connectivity index (χ3n) is 7.81. The summed E-state index contributed by atoms with van der Waals surface area (Å²) < 4.78 is 0. The topological polar surface area (TPSA) is 40.1 Å². The number of carbonyl (C=O) groups is 1. The van der Waals surface area contributed by atoms with Crippen LogP contribution in [0.25, 0.3) is 43.8 Å². The Morgan fingerprint density at radius 3 is 1.31 bits per heavy atom. The molecule has 0 radical (unpaired) electrons. The second-order valence-electron chi connectivity index (χ2n) is 10.8. The van der Waals surface area contributed by atoms with Crippen LogP contribution in [0.4, 0.5) is 0 Å². The van der Waals surface area contributed by atoms with Gasteiger partial charge < -0.3 is 9.90 Å². The minimum atomic E-state index is -0.961. The van der Waals surface area contributed by atoms with Gasteiger partial charge in [0.15, 0.2) is 14.7 Å². The van der Waals surface area contributed by atoms with Gasteiger partial charge in [-0.2, -0.15) is 0 Å².